The molecule has 92 valence electrons. The zero-order valence-electron chi connectivity index (χ0n) is 8.81. The Hall–Kier alpha value is -0.950. The summed E-state index contributed by atoms with van der Waals surface area (Å²) < 4.78 is 0. The van der Waals surface area contributed by atoms with Gasteiger partial charge in [-0.05, 0) is 18.6 Å². The molecule has 4 N–H and O–H groups in total. The number of carbonyl (C=O) groups excluding carboxylic acids is 1. The molecule has 2 amide bonds. The first kappa shape index (κ1) is 13.1. The van der Waals surface area contributed by atoms with Gasteiger partial charge in [0.2, 0.25) is 0 Å². The molecule has 7 heteroatoms. The molecule has 6 nitrogen and oxygen atoms in total. The molecule has 0 aliphatic carbocycles. The molecule has 0 aromatic carbocycles. The van der Waals surface area contributed by atoms with E-state index in [-0.39, 0.29) is 6.04 Å². The molecule has 2 atom stereocenters. The van der Waals surface area contributed by atoms with Gasteiger partial charge in [-0.15, -0.1) is 0 Å². The second-order valence-corrected chi connectivity index (χ2v) is 4.76. The van der Waals surface area contributed by atoms with E-state index in [0.717, 1.165) is 24.3 Å². The summed E-state index contributed by atoms with van der Waals surface area (Å²) in [6, 6.07) is -1.68. The minimum atomic E-state index is -1.24. The van der Waals surface area contributed by atoms with Gasteiger partial charge in [0.1, 0.15) is 0 Å². The van der Waals surface area contributed by atoms with Crippen molar-refractivity contribution in [3.8, 4) is 0 Å². The lowest BCUT2D eigenvalue weighted by atomic mass is 10.2. The summed E-state index contributed by atoms with van der Waals surface area (Å²) in [5, 5.41) is 22.2. The van der Waals surface area contributed by atoms with E-state index in [1.165, 1.54) is 0 Å². The summed E-state index contributed by atoms with van der Waals surface area (Å²) in [7, 11) is 0. The standard InChI is InChI=1S/C9H16N2O4S/c12-4-7(8(13)14)11-9(15)10-6-2-1-3-16-5-6/h6-7,12H,1-5H2,(H,13,14)(H2,10,11,15)/t6?,7-/m0/s1. The highest BCUT2D eigenvalue weighted by atomic mass is 32.2. The zero-order valence-corrected chi connectivity index (χ0v) is 9.63. The van der Waals surface area contributed by atoms with E-state index in [4.69, 9.17) is 10.2 Å². The number of aliphatic carboxylic acids is 1. The average Bonchev–Trinajstić information content (AvgIpc) is 2.27. The molecule has 0 saturated carbocycles. The smallest absolute Gasteiger partial charge is 0.328 e. The Morgan fingerprint density at radius 2 is 2.25 bits per heavy atom. The minimum Gasteiger partial charge on any atom is -0.480 e. The summed E-state index contributed by atoms with van der Waals surface area (Å²) in [5.74, 6) is 0.717. The maximum absolute atomic E-state index is 11.4. The van der Waals surface area contributed by atoms with Crippen molar-refractivity contribution in [1.82, 2.24) is 10.6 Å². The van der Waals surface area contributed by atoms with Gasteiger partial charge in [-0.3, -0.25) is 0 Å². The first-order valence-electron chi connectivity index (χ1n) is 5.12. The van der Waals surface area contributed by atoms with Crippen LogP contribution in [0.25, 0.3) is 0 Å². The molecular weight excluding hydrogens is 232 g/mol. The van der Waals surface area contributed by atoms with Crippen LogP contribution in [0.1, 0.15) is 12.8 Å². The number of urea groups is 1. The van der Waals surface area contributed by atoms with Gasteiger partial charge in [0, 0.05) is 11.8 Å². The van der Waals surface area contributed by atoms with E-state index >= 15 is 0 Å². The number of carbonyl (C=O) groups is 2. The molecule has 1 rings (SSSR count). The highest BCUT2D eigenvalue weighted by molar-refractivity contribution is 7.99. The number of rotatable bonds is 4. The van der Waals surface area contributed by atoms with E-state index in [1.54, 1.807) is 11.8 Å². The van der Waals surface area contributed by atoms with Crippen LogP contribution in [0.5, 0.6) is 0 Å². The van der Waals surface area contributed by atoms with E-state index in [9.17, 15) is 9.59 Å². The second kappa shape index (κ2) is 6.59. The number of hydrogen-bond donors (Lipinski definition) is 4. The van der Waals surface area contributed by atoms with Gasteiger partial charge in [0.05, 0.1) is 6.61 Å². The van der Waals surface area contributed by atoms with Gasteiger partial charge in [-0.2, -0.15) is 11.8 Å². The molecule has 1 aliphatic heterocycles. The highest BCUT2D eigenvalue weighted by Crippen LogP contribution is 2.16. The average molecular weight is 248 g/mol. The number of hydrogen-bond acceptors (Lipinski definition) is 4. The van der Waals surface area contributed by atoms with Crippen molar-refractivity contribution in [2.24, 2.45) is 0 Å². The predicted molar refractivity (Wildman–Crippen MR) is 60.5 cm³/mol. The number of amides is 2. The van der Waals surface area contributed by atoms with E-state index in [0.29, 0.717) is 0 Å². The minimum absolute atomic E-state index is 0.0897. The Bertz CT molecular complexity index is 256. The third kappa shape index (κ3) is 4.28. The summed E-state index contributed by atoms with van der Waals surface area (Å²) in [5.41, 5.74) is 0. The third-order valence-corrected chi connectivity index (χ3v) is 3.50. The van der Waals surface area contributed by atoms with Crippen LogP contribution in [0.15, 0.2) is 0 Å². The van der Waals surface area contributed by atoms with Crippen molar-refractivity contribution in [3.05, 3.63) is 0 Å². The van der Waals surface area contributed by atoms with Gasteiger partial charge in [0.25, 0.3) is 0 Å². The first-order chi connectivity index (χ1) is 7.63. The molecule has 0 spiro atoms. The molecule has 1 aliphatic rings. The fourth-order valence-electron chi connectivity index (χ4n) is 1.43. The highest BCUT2D eigenvalue weighted by Gasteiger charge is 2.21. The molecule has 1 saturated heterocycles. The van der Waals surface area contributed by atoms with Gasteiger partial charge >= 0.3 is 12.0 Å². The second-order valence-electron chi connectivity index (χ2n) is 3.61. The monoisotopic (exact) mass is 248 g/mol. The van der Waals surface area contributed by atoms with Gasteiger partial charge in [-0.25, -0.2) is 9.59 Å². The molecule has 1 fully saturated rings. The van der Waals surface area contributed by atoms with E-state index < -0.39 is 24.6 Å². The molecule has 0 radical (unpaired) electrons. The summed E-state index contributed by atoms with van der Waals surface area (Å²) in [4.78, 5) is 21.9. The van der Waals surface area contributed by atoms with Crippen molar-refractivity contribution < 1.29 is 19.8 Å². The van der Waals surface area contributed by atoms with Gasteiger partial charge < -0.3 is 20.8 Å². The molecule has 1 heterocycles. The quantitative estimate of drug-likeness (QED) is 0.544. The SMILES string of the molecule is O=C(NC1CCCSC1)N[C@@H](CO)C(=O)O. The first-order valence-corrected chi connectivity index (χ1v) is 6.27. The lowest BCUT2D eigenvalue weighted by molar-refractivity contribution is -0.140. The normalized spacial score (nSPS) is 22.2. The molecule has 0 bridgehead atoms. The Balaban J connectivity index is 2.31. The summed E-state index contributed by atoms with van der Waals surface area (Å²) >= 11 is 1.77. The van der Waals surface area contributed by atoms with Crippen LogP contribution in [0.4, 0.5) is 4.79 Å². The Morgan fingerprint density at radius 3 is 2.75 bits per heavy atom. The number of carboxylic acids is 1. The van der Waals surface area contributed by atoms with Crippen LogP contribution >= 0.6 is 11.8 Å². The maximum Gasteiger partial charge on any atom is 0.328 e. The third-order valence-electron chi connectivity index (χ3n) is 2.28. The number of thioether (sulfide) groups is 1. The Kier molecular flexibility index (Phi) is 5.41. The summed E-state index contributed by atoms with van der Waals surface area (Å²) in [6.07, 6.45) is 1.97. The van der Waals surface area contributed by atoms with Crippen molar-refractivity contribution in [1.29, 1.82) is 0 Å². The Morgan fingerprint density at radius 1 is 1.50 bits per heavy atom. The molecule has 0 aromatic heterocycles. The zero-order chi connectivity index (χ0) is 12.0. The maximum atomic E-state index is 11.4. The number of carboxylic acid groups (broad SMARTS) is 1. The van der Waals surface area contributed by atoms with Crippen LogP contribution in [0, 0.1) is 0 Å². The summed E-state index contributed by atoms with van der Waals surface area (Å²) in [6.45, 7) is -0.609. The van der Waals surface area contributed by atoms with Crippen LogP contribution in [0.2, 0.25) is 0 Å². The lowest BCUT2D eigenvalue weighted by Gasteiger charge is -2.23. The fraction of sp³-hybridized carbons (Fsp3) is 0.778. The van der Waals surface area contributed by atoms with Crippen molar-refractivity contribution in [2.45, 2.75) is 24.9 Å². The predicted octanol–water partition coefficient (Wildman–Crippen LogP) is -0.373. The Labute approximate surface area is 97.8 Å². The van der Waals surface area contributed by atoms with Gasteiger partial charge in [0.15, 0.2) is 6.04 Å². The van der Waals surface area contributed by atoms with Crippen LogP contribution < -0.4 is 10.6 Å². The van der Waals surface area contributed by atoms with Crippen LogP contribution in [-0.4, -0.2) is 52.4 Å². The fourth-order valence-corrected chi connectivity index (χ4v) is 2.50. The number of nitrogens with one attached hydrogen (secondary N) is 2. The van der Waals surface area contributed by atoms with Crippen molar-refractivity contribution in [2.75, 3.05) is 18.1 Å². The van der Waals surface area contributed by atoms with Crippen LogP contribution in [0.3, 0.4) is 0 Å². The molecule has 0 aromatic rings. The van der Waals surface area contributed by atoms with Crippen LogP contribution in [-0.2, 0) is 4.79 Å². The largest absolute Gasteiger partial charge is 0.480 e. The van der Waals surface area contributed by atoms with E-state index in [2.05, 4.69) is 10.6 Å². The van der Waals surface area contributed by atoms with E-state index in [1.807, 2.05) is 0 Å². The molecule has 1 unspecified atom stereocenters. The topological polar surface area (TPSA) is 98.7 Å². The molecule has 16 heavy (non-hydrogen) atoms. The van der Waals surface area contributed by atoms with Crippen molar-refractivity contribution >= 4 is 23.8 Å². The molecular formula is C9H16N2O4S. The van der Waals surface area contributed by atoms with Gasteiger partial charge in [-0.1, -0.05) is 0 Å². The number of aliphatic hydroxyl groups is 1. The lowest BCUT2D eigenvalue weighted by Crippen LogP contribution is -2.51. The van der Waals surface area contributed by atoms with Crippen molar-refractivity contribution in [3.63, 3.8) is 0 Å². The number of aliphatic hydroxyl groups excluding tert-OH is 1.